The molecule has 80 valence electrons. The average molecular weight is 268 g/mol. The van der Waals surface area contributed by atoms with Gasteiger partial charge < -0.3 is 5.11 Å². The zero-order valence-corrected chi connectivity index (χ0v) is 10.3. The summed E-state index contributed by atoms with van der Waals surface area (Å²) in [6.07, 6.45) is 3.77. The largest absolute Gasteiger partial charge is 0.396 e. The number of aryl methyl sites for hydroxylation is 1. The van der Waals surface area contributed by atoms with Crippen LogP contribution in [0.25, 0.3) is 10.9 Å². The Hall–Kier alpha value is -0.800. The number of benzene rings is 1. The van der Waals surface area contributed by atoms with Gasteiger partial charge in [-0.15, -0.1) is 0 Å². The third-order valence-corrected chi connectivity index (χ3v) is 3.27. The van der Waals surface area contributed by atoms with Crippen LogP contribution < -0.4 is 0 Å². The van der Waals surface area contributed by atoms with Crippen molar-refractivity contribution in [1.29, 1.82) is 0 Å². The number of aliphatic hydroxyl groups excluding tert-OH is 1. The van der Waals surface area contributed by atoms with E-state index in [2.05, 4.69) is 41.3 Å². The quantitative estimate of drug-likeness (QED) is 0.909. The maximum atomic E-state index is 8.99. The van der Waals surface area contributed by atoms with Crippen molar-refractivity contribution in [1.82, 2.24) is 3.59 Å². The van der Waals surface area contributed by atoms with Gasteiger partial charge in [0.1, 0.15) is 0 Å². The summed E-state index contributed by atoms with van der Waals surface area (Å²) >= 11 is 3.51. The summed E-state index contributed by atoms with van der Waals surface area (Å²) in [5.41, 5.74) is 3.75. The summed E-state index contributed by atoms with van der Waals surface area (Å²) in [5.74, 6) is 0. The number of aromatic nitrogens is 1. The summed E-state index contributed by atoms with van der Waals surface area (Å²) in [5, 5.41) is 10.2. The highest BCUT2D eigenvalue weighted by Crippen LogP contribution is 2.27. The van der Waals surface area contributed by atoms with Crippen molar-refractivity contribution in [3.05, 3.63) is 35.5 Å². The monoisotopic (exact) mass is 267 g/mol. The zero-order chi connectivity index (χ0) is 10.8. The molecule has 2 rings (SSSR count). The van der Waals surface area contributed by atoms with Crippen LogP contribution in [-0.2, 0) is 12.8 Å². The number of nitrogens with zero attached hydrogens (tertiary/aromatic N) is 1. The summed E-state index contributed by atoms with van der Waals surface area (Å²) in [7, 11) is 0. The van der Waals surface area contributed by atoms with Crippen molar-refractivity contribution in [3.63, 3.8) is 0 Å². The first kappa shape index (κ1) is 10.7. The number of aliphatic hydroxyl groups is 1. The molecule has 2 nitrogen and oxygen atoms in total. The highest BCUT2D eigenvalue weighted by Gasteiger charge is 2.09. The standard InChI is InChI=1S/C12H14BrNO/c1-2-9-4-3-5-11-10(6-7-15)8-14(13)12(9)11/h3-5,8,15H,2,6-7H2,1H3. The molecule has 0 aliphatic rings. The first-order valence-electron chi connectivity index (χ1n) is 5.16. The summed E-state index contributed by atoms with van der Waals surface area (Å²) in [6.45, 7) is 2.35. The predicted molar refractivity (Wildman–Crippen MR) is 66.4 cm³/mol. The summed E-state index contributed by atoms with van der Waals surface area (Å²) < 4.78 is 1.98. The first-order chi connectivity index (χ1) is 7.27. The Morgan fingerprint density at radius 3 is 2.80 bits per heavy atom. The van der Waals surface area contributed by atoms with Crippen molar-refractivity contribution < 1.29 is 5.11 Å². The number of hydrogen-bond acceptors (Lipinski definition) is 1. The molecule has 0 saturated heterocycles. The Morgan fingerprint density at radius 1 is 1.33 bits per heavy atom. The molecule has 0 atom stereocenters. The second kappa shape index (κ2) is 4.37. The SMILES string of the molecule is CCc1cccc2c(CCO)cn(Br)c12. The van der Waals surface area contributed by atoms with Gasteiger partial charge in [-0.3, -0.25) is 3.59 Å². The van der Waals surface area contributed by atoms with E-state index >= 15 is 0 Å². The number of halogens is 1. The van der Waals surface area contributed by atoms with E-state index in [0.29, 0.717) is 6.42 Å². The van der Waals surface area contributed by atoms with Gasteiger partial charge >= 0.3 is 0 Å². The second-order valence-corrected chi connectivity index (χ2v) is 4.37. The molecule has 0 radical (unpaired) electrons. The van der Waals surface area contributed by atoms with Gasteiger partial charge in [0.05, 0.1) is 21.7 Å². The van der Waals surface area contributed by atoms with Crippen LogP contribution in [0.15, 0.2) is 24.4 Å². The second-order valence-electron chi connectivity index (χ2n) is 3.61. The molecular formula is C12H14BrNO. The molecule has 3 heteroatoms. The number of hydrogen-bond donors (Lipinski definition) is 1. The highest BCUT2D eigenvalue weighted by atomic mass is 79.9. The van der Waals surface area contributed by atoms with Crippen molar-refractivity contribution >= 4 is 27.1 Å². The molecule has 1 aromatic carbocycles. The Kier molecular flexibility index (Phi) is 3.12. The van der Waals surface area contributed by atoms with E-state index in [1.165, 1.54) is 22.0 Å². The van der Waals surface area contributed by atoms with E-state index in [1.807, 2.05) is 9.79 Å². The average Bonchev–Trinajstić information content (AvgIpc) is 2.57. The molecular weight excluding hydrogens is 254 g/mol. The van der Waals surface area contributed by atoms with Crippen LogP contribution in [0.1, 0.15) is 18.1 Å². The van der Waals surface area contributed by atoms with Crippen molar-refractivity contribution in [2.75, 3.05) is 6.61 Å². The fourth-order valence-corrected chi connectivity index (χ4v) is 2.64. The minimum Gasteiger partial charge on any atom is -0.396 e. The minimum atomic E-state index is 0.197. The lowest BCUT2D eigenvalue weighted by atomic mass is 10.1. The van der Waals surface area contributed by atoms with E-state index in [0.717, 1.165) is 6.42 Å². The molecule has 0 unspecified atom stereocenters. The third kappa shape index (κ3) is 1.82. The number of rotatable bonds is 3. The topological polar surface area (TPSA) is 25.2 Å². The van der Waals surface area contributed by atoms with Crippen molar-refractivity contribution in [3.8, 4) is 0 Å². The fourth-order valence-electron chi connectivity index (χ4n) is 1.98. The molecule has 0 fully saturated rings. The zero-order valence-electron chi connectivity index (χ0n) is 8.70. The normalized spacial score (nSPS) is 11.1. The lowest BCUT2D eigenvalue weighted by molar-refractivity contribution is 0.300. The molecule has 1 heterocycles. The summed E-state index contributed by atoms with van der Waals surface area (Å²) in [6, 6.07) is 6.33. The van der Waals surface area contributed by atoms with Gasteiger partial charge in [-0.05, 0) is 24.0 Å². The van der Waals surface area contributed by atoms with Crippen LogP contribution in [0.5, 0.6) is 0 Å². The maximum Gasteiger partial charge on any atom is 0.0626 e. The van der Waals surface area contributed by atoms with E-state index in [9.17, 15) is 0 Å². The van der Waals surface area contributed by atoms with E-state index in [-0.39, 0.29) is 6.61 Å². The van der Waals surface area contributed by atoms with Gasteiger partial charge in [-0.1, -0.05) is 25.1 Å². The van der Waals surface area contributed by atoms with E-state index < -0.39 is 0 Å². The first-order valence-corrected chi connectivity index (χ1v) is 5.87. The van der Waals surface area contributed by atoms with Crippen LogP contribution >= 0.6 is 16.1 Å². The fraction of sp³-hybridized carbons (Fsp3) is 0.333. The number of para-hydroxylation sites is 1. The smallest absolute Gasteiger partial charge is 0.0626 e. The Labute approximate surface area is 97.9 Å². The van der Waals surface area contributed by atoms with Crippen LogP contribution in [0.4, 0.5) is 0 Å². The molecule has 0 aliphatic carbocycles. The molecule has 0 spiro atoms. The van der Waals surface area contributed by atoms with Gasteiger partial charge in [0, 0.05) is 18.2 Å². The maximum absolute atomic E-state index is 8.99. The highest BCUT2D eigenvalue weighted by molar-refractivity contribution is 9.08. The van der Waals surface area contributed by atoms with Gasteiger partial charge in [-0.2, -0.15) is 0 Å². The molecule has 1 N–H and O–H groups in total. The predicted octanol–water partition coefficient (Wildman–Crippen LogP) is 2.90. The molecule has 0 amide bonds. The van der Waals surface area contributed by atoms with Gasteiger partial charge in [0.15, 0.2) is 0 Å². The lowest BCUT2D eigenvalue weighted by Crippen LogP contribution is -1.88. The molecule has 15 heavy (non-hydrogen) atoms. The van der Waals surface area contributed by atoms with E-state index in [1.54, 1.807) is 0 Å². The molecule has 0 aliphatic heterocycles. The van der Waals surface area contributed by atoms with Crippen LogP contribution in [-0.4, -0.2) is 15.3 Å². The Balaban J connectivity index is 2.68. The van der Waals surface area contributed by atoms with Crippen molar-refractivity contribution in [2.45, 2.75) is 19.8 Å². The Bertz CT molecular complexity index is 476. The molecule has 2 aromatic rings. The third-order valence-electron chi connectivity index (χ3n) is 2.71. The van der Waals surface area contributed by atoms with Gasteiger partial charge in [0.2, 0.25) is 0 Å². The number of fused-ring (bicyclic) bond motifs is 1. The lowest BCUT2D eigenvalue weighted by Gasteiger charge is -2.01. The van der Waals surface area contributed by atoms with Crippen LogP contribution in [0.2, 0.25) is 0 Å². The Morgan fingerprint density at radius 2 is 2.13 bits per heavy atom. The van der Waals surface area contributed by atoms with Gasteiger partial charge in [-0.25, -0.2) is 0 Å². The van der Waals surface area contributed by atoms with Crippen LogP contribution in [0.3, 0.4) is 0 Å². The van der Waals surface area contributed by atoms with E-state index in [4.69, 9.17) is 5.11 Å². The van der Waals surface area contributed by atoms with Gasteiger partial charge in [0.25, 0.3) is 0 Å². The molecule has 0 bridgehead atoms. The van der Waals surface area contributed by atoms with Crippen molar-refractivity contribution in [2.24, 2.45) is 0 Å². The van der Waals surface area contributed by atoms with Crippen LogP contribution in [0, 0.1) is 0 Å². The molecule has 0 saturated carbocycles. The minimum absolute atomic E-state index is 0.197. The molecule has 1 aromatic heterocycles. The summed E-state index contributed by atoms with van der Waals surface area (Å²) in [4.78, 5) is 0.